The summed E-state index contributed by atoms with van der Waals surface area (Å²) < 4.78 is 0. The molecule has 0 saturated heterocycles. The van der Waals surface area contributed by atoms with Gasteiger partial charge in [-0.3, -0.25) is 4.98 Å². The SMILES string of the molecule is Cc1ccc(N(CCCN)Cc2cccnc2)nn1. The van der Waals surface area contributed by atoms with Crippen molar-refractivity contribution in [3.05, 3.63) is 47.9 Å². The lowest BCUT2D eigenvalue weighted by Crippen LogP contribution is -2.26. The maximum Gasteiger partial charge on any atom is 0.151 e. The molecular formula is C14H19N5. The average molecular weight is 257 g/mol. The minimum atomic E-state index is 0.669. The summed E-state index contributed by atoms with van der Waals surface area (Å²) in [6.45, 7) is 4.24. The van der Waals surface area contributed by atoms with E-state index < -0.39 is 0 Å². The van der Waals surface area contributed by atoms with Gasteiger partial charge in [-0.05, 0) is 43.7 Å². The molecule has 2 heterocycles. The molecule has 0 unspecified atom stereocenters. The third-order valence-corrected chi connectivity index (χ3v) is 2.84. The van der Waals surface area contributed by atoms with Gasteiger partial charge >= 0.3 is 0 Å². The summed E-state index contributed by atoms with van der Waals surface area (Å²) in [5.74, 6) is 0.878. The molecule has 2 aromatic heterocycles. The van der Waals surface area contributed by atoms with E-state index in [-0.39, 0.29) is 0 Å². The van der Waals surface area contributed by atoms with Crippen LogP contribution in [0.25, 0.3) is 0 Å². The number of hydrogen-bond acceptors (Lipinski definition) is 5. The first kappa shape index (κ1) is 13.4. The molecule has 0 radical (unpaired) electrons. The van der Waals surface area contributed by atoms with Gasteiger partial charge in [0, 0.05) is 25.5 Å². The predicted molar refractivity (Wildman–Crippen MR) is 75.7 cm³/mol. The topological polar surface area (TPSA) is 67.9 Å². The van der Waals surface area contributed by atoms with Crippen molar-refractivity contribution in [1.82, 2.24) is 15.2 Å². The maximum atomic E-state index is 5.60. The molecule has 0 bridgehead atoms. The zero-order valence-corrected chi connectivity index (χ0v) is 11.2. The van der Waals surface area contributed by atoms with Crippen LogP contribution in [0.5, 0.6) is 0 Å². The van der Waals surface area contributed by atoms with Crippen LogP contribution in [0.4, 0.5) is 5.82 Å². The fourth-order valence-electron chi connectivity index (χ4n) is 1.83. The first-order valence-electron chi connectivity index (χ1n) is 6.44. The van der Waals surface area contributed by atoms with Crippen molar-refractivity contribution in [1.29, 1.82) is 0 Å². The van der Waals surface area contributed by atoms with Gasteiger partial charge in [-0.1, -0.05) is 6.07 Å². The van der Waals surface area contributed by atoms with Crippen LogP contribution < -0.4 is 10.6 Å². The van der Waals surface area contributed by atoms with E-state index in [2.05, 4.69) is 26.1 Å². The van der Waals surface area contributed by atoms with E-state index in [9.17, 15) is 0 Å². The Morgan fingerprint density at radius 2 is 2.11 bits per heavy atom. The normalized spacial score (nSPS) is 10.4. The molecule has 2 rings (SSSR count). The van der Waals surface area contributed by atoms with Crippen LogP contribution in [0, 0.1) is 6.92 Å². The molecule has 0 amide bonds. The van der Waals surface area contributed by atoms with Gasteiger partial charge in [-0.2, -0.15) is 5.10 Å². The van der Waals surface area contributed by atoms with Gasteiger partial charge in [0.25, 0.3) is 0 Å². The molecule has 5 heteroatoms. The molecule has 0 aliphatic heterocycles. The number of aryl methyl sites for hydroxylation is 1. The molecule has 19 heavy (non-hydrogen) atoms. The van der Waals surface area contributed by atoms with Gasteiger partial charge in [0.1, 0.15) is 0 Å². The first-order chi connectivity index (χ1) is 9.29. The molecule has 5 nitrogen and oxygen atoms in total. The van der Waals surface area contributed by atoms with Gasteiger partial charge in [-0.15, -0.1) is 5.10 Å². The Hall–Kier alpha value is -2.01. The number of hydrogen-bond donors (Lipinski definition) is 1. The smallest absolute Gasteiger partial charge is 0.151 e. The highest BCUT2D eigenvalue weighted by Gasteiger charge is 2.09. The summed E-state index contributed by atoms with van der Waals surface area (Å²) in [7, 11) is 0. The van der Waals surface area contributed by atoms with E-state index in [1.807, 2.05) is 31.3 Å². The number of rotatable bonds is 6. The Bertz CT molecular complexity index is 483. The molecule has 0 atom stereocenters. The predicted octanol–water partition coefficient (Wildman–Crippen LogP) is 1.54. The summed E-state index contributed by atoms with van der Waals surface area (Å²) in [5, 5.41) is 8.35. The monoisotopic (exact) mass is 257 g/mol. The van der Waals surface area contributed by atoms with Crippen molar-refractivity contribution in [3.8, 4) is 0 Å². The Morgan fingerprint density at radius 3 is 2.74 bits per heavy atom. The van der Waals surface area contributed by atoms with E-state index >= 15 is 0 Å². The number of anilines is 1. The minimum Gasteiger partial charge on any atom is -0.351 e. The van der Waals surface area contributed by atoms with Crippen LogP contribution in [-0.4, -0.2) is 28.3 Å². The Labute approximate surface area is 113 Å². The lowest BCUT2D eigenvalue weighted by atomic mass is 10.2. The van der Waals surface area contributed by atoms with E-state index in [0.29, 0.717) is 6.54 Å². The summed E-state index contributed by atoms with van der Waals surface area (Å²) in [6, 6.07) is 7.97. The second-order valence-electron chi connectivity index (χ2n) is 4.46. The van der Waals surface area contributed by atoms with Gasteiger partial charge < -0.3 is 10.6 Å². The summed E-state index contributed by atoms with van der Waals surface area (Å²) in [5.41, 5.74) is 7.67. The minimum absolute atomic E-state index is 0.669. The van der Waals surface area contributed by atoms with Crippen molar-refractivity contribution in [2.24, 2.45) is 5.73 Å². The maximum absolute atomic E-state index is 5.60. The Morgan fingerprint density at radius 1 is 1.21 bits per heavy atom. The average Bonchev–Trinajstić information content (AvgIpc) is 2.45. The number of aromatic nitrogens is 3. The lowest BCUT2D eigenvalue weighted by molar-refractivity contribution is 0.715. The number of pyridine rings is 1. The van der Waals surface area contributed by atoms with Crippen LogP contribution in [0.1, 0.15) is 17.7 Å². The lowest BCUT2D eigenvalue weighted by Gasteiger charge is -2.23. The molecule has 2 aromatic rings. The van der Waals surface area contributed by atoms with Crippen molar-refractivity contribution < 1.29 is 0 Å². The molecule has 0 aliphatic rings. The molecular weight excluding hydrogens is 238 g/mol. The van der Waals surface area contributed by atoms with Crippen molar-refractivity contribution in [2.75, 3.05) is 18.0 Å². The largest absolute Gasteiger partial charge is 0.351 e. The fourth-order valence-corrected chi connectivity index (χ4v) is 1.83. The van der Waals surface area contributed by atoms with Crippen LogP contribution in [0.2, 0.25) is 0 Å². The molecule has 2 N–H and O–H groups in total. The van der Waals surface area contributed by atoms with Gasteiger partial charge in [-0.25, -0.2) is 0 Å². The highest BCUT2D eigenvalue weighted by Crippen LogP contribution is 2.13. The summed E-state index contributed by atoms with van der Waals surface area (Å²) in [6.07, 6.45) is 4.58. The van der Waals surface area contributed by atoms with Crippen LogP contribution >= 0.6 is 0 Å². The summed E-state index contributed by atoms with van der Waals surface area (Å²) >= 11 is 0. The quantitative estimate of drug-likeness (QED) is 0.850. The van der Waals surface area contributed by atoms with Gasteiger partial charge in [0.2, 0.25) is 0 Å². The molecule has 0 aliphatic carbocycles. The third-order valence-electron chi connectivity index (χ3n) is 2.84. The van der Waals surface area contributed by atoms with Crippen LogP contribution in [-0.2, 0) is 6.54 Å². The standard InChI is InChI=1S/C14H19N5/c1-12-5-6-14(18-17-12)19(9-3-7-15)11-13-4-2-8-16-10-13/h2,4-6,8,10H,3,7,9,11,15H2,1H3. The molecule has 0 fully saturated rings. The van der Waals surface area contributed by atoms with E-state index in [0.717, 1.165) is 36.6 Å². The number of nitrogens with two attached hydrogens (primary N) is 1. The molecule has 0 saturated carbocycles. The van der Waals surface area contributed by atoms with Crippen molar-refractivity contribution >= 4 is 5.82 Å². The molecule has 100 valence electrons. The van der Waals surface area contributed by atoms with E-state index in [1.54, 1.807) is 6.20 Å². The van der Waals surface area contributed by atoms with E-state index in [4.69, 9.17) is 5.73 Å². The highest BCUT2D eigenvalue weighted by atomic mass is 15.3. The second kappa shape index (κ2) is 6.80. The van der Waals surface area contributed by atoms with Crippen molar-refractivity contribution in [3.63, 3.8) is 0 Å². The van der Waals surface area contributed by atoms with Crippen LogP contribution in [0.15, 0.2) is 36.7 Å². The molecule has 0 spiro atoms. The summed E-state index contributed by atoms with van der Waals surface area (Å²) in [4.78, 5) is 6.32. The highest BCUT2D eigenvalue weighted by molar-refractivity contribution is 5.38. The third kappa shape index (κ3) is 3.99. The van der Waals surface area contributed by atoms with E-state index in [1.165, 1.54) is 0 Å². The van der Waals surface area contributed by atoms with Gasteiger partial charge in [0.15, 0.2) is 5.82 Å². The molecule has 0 aromatic carbocycles. The zero-order valence-electron chi connectivity index (χ0n) is 11.2. The first-order valence-corrected chi connectivity index (χ1v) is 6.44. The fraction of sp³-hybridized carbons (Fsp3) is 0.357. The van der Waals surface area contributed by atoms with Crippen LogP contribution in [0.3, 0.4) is 0 Å². The Balaban J connectivity index is 2.13. The number of nitrogens with zero attached hydrogens (tertiary/aromatic N) is 4. The van der Waals surface area contributed by atoms with Gasteiger partial charge in [0.05, 0.1) is 5.69 Å². The van der Waals surface area contributed by atoms with Crippen molar-refractivity contribution in [2.45, 2.75) is 19.9 Å². The second-order valence-corrected chi connectivity index (χ2v) is 4.46. The zero-order chi connectivity index (χ0) is 13.5. The Kier molecular flexibility index (Phi) is 4.80.